The second-order valence-electron chi connectivity index (χ2n) is 4.24. The SMILES string of the molecule is CC(=O)Nc1cccc(OCC2(C)CO2)c1. The number of hydrogen-bond acceptors (Lipinski definition) is 3. The number of ether oxygens (including phenoxy) is 2. The third kappa shape index (κ3) is 2.97. The minimum absolute atomic E-state index is 0.0883. The first-order valence-corrected chi connectivity index (χ1v) is 5.22. The molecule has 1 amide bonds. The van der Waals surface area contributed by atoms with E-state index in [0.29, 0.717) is 6.61 Å². The van der Waals surface area contributed by atoms with Gasteiger partial charge in [0.2, 0.25) is 5.91 Å². The minimum atomic E-state index is -0.121. The van der Waals surface area contributed by atoms with Gasteiger partial charge in [-0.15, -0.1) is 0 Å². The van der Waals surface area contributed by atoms with Gasteiger partial charge in [0.1, 0.15) is 18.0 Å². The van der Waals surface area contributed by atoms with Crippen LogP contribution >= 0.6 is 0 Å². The molecule has 2 rings (SSSR count). The second kappa shape index (κ2) is 4.14. The van der Waals surface area contributed by atoms with Crippen molar-refractivity contribution in [3.63, 3.8) is 0 Å². The Morgan fingerprint density at radius 1 is 1.62 bits per heavy atom. The summed E-state index contributed by atoms with van der Waals surface area (Å²) in [5, 5.41) is 2.71. The van der Waals surface area contributed by atoms with E-state index in [1.807, 2.05) is 25.1 Å². The Kier molecular flexibility index (Phi) is 2.83. The lowest BCUT2D eigenvalue weighted by molar-refractivity contribution is -0.114. The first kappa shape index (κ1) is 11.0. The van der Waals surface area contributed by atoms with Crippen LogP contribution < -0.4 is 10.1 Å². The van der Waals surface area contributed by atoms with E-state index in [1.54, 1.807) is 6.07 Å². The number of carbonyl (C=O) groups excluding carboxylic acids is 1. The molecule has 0 saturated carbocycles. The fourth-order valence-corrected chi connectivity index (χ4v) is 1.31. The van der Waals surface area contributed by atoms with E-state index in [1.165, 1.54) is 6.92 Å². The summed E-state index contributed by atoms with van der Waals surface area (Å²) in [7, 11) is 0. The van der Waals surface area contributed by atoms with E-state index in [-0.39, 0.29) is 11.5 Å². The first-order chi connectivity index (χ1) is 7.57. The molecule has 16 heavy (non-hydrogen) atoms. The van der Waals surface area contributed by atoms with Crippen LogP contribution in [0.4, 0.5) is 5.69 Å². The van der Waals surface area contributed by atoms with Crippen LogP contribution in [0.2, 0.25) is 0 Å². The molecule has 0 bridgehead atoms. The predicted octanol–water partition coefficient (Wildman–Crippen LogP) is 1.81. The van der Waals surface area contributed by atoms with E-state index in [2.05, 4.69) is 5.32 Å². The molecule has 4 nitrogen and oxygen atoms in total. The maximum atomic E-state index is 10.9. The van der Waals surface area contributed by atoms with Crippen molar-refractivity contribution in [3.8, 4) is 5.75 Å². The van der Waals surface area contributed by atoms with Crippen molar-refractivity contribution in [3.05, 3.63) is 24.3 Å². The zero-order valence-corrected chi connectivity index (χ0v) is 9.45. The highest BCUT2D eigenvalue weighted by atomic mass is 16.6. The lowest BCUT2D eigenvalue weighted by Gasteiger charge is -2.10. The van der Waals surface area contributed by atoms with Crippen LogP contribution in [0.3, 0.4) is 0 Å². The monoisotopic (exact) mass is 221 g/mol. The van der Waals surface area contributed by atoms with Gasteiger partial charge in [0.15, 0.2) is 0 Å². The number of epoxide rings is 1. The molecule has 1 aliphatic rings. The molecule has 1 N–H and O–H groups in total. The number of amides is 1. The Labute approximate surface area is 94.6 Å². The summed E-state index contributed by atoms with van der Waals surface area (Å²) in [6.45, 7) is 4.77. The molecule has 1 fully saturated rings. The number of anilines is 1. The number of carbonyl (C=O) groups is 1. The van der Waals surface area contributed by atoms with Gasteiger partial charge in [-0.25, -0.2) is 0 Å². The van der Waals surface area contributed by atoms with Crippen LogP contribution in [0, 0.1) is 0 Å². The predicted molar refractivity (Wildman–Crippen MR) is 60.6 cm³/mol. The molecule has 0 radical (unpaired) electrons. The van der Waals surface area contributed by atoms with Gasteiger partial charge in [-0.3, -0.25) is 4.79 Å². The number of rotatable bonds is 4. The highest BCUT2D eigenvalue weighted by molar-refractivity contribution is 5.88. The fourth-order valence-electron chi connectivity index (χ4n) is 1.31. The van der Waals surface area contributed by atoms with Crippen molar-refractivity contribution in [2.45, 2.75) is 19.4 Å². The molecule has 4 heteroatoms. The molecule has 1 aromatic carbocycles. The van der Waals surface area contributed by atoms with Crippen molar-refractivity contribution in [2.75, 3.05) is 18.5 Å². The van der Waals surface area contributed by atoms with Gasteiger partial charge in [-0.1, -0.05) is 6.07 Å². The van der Waals surface area contributed by atoms with E-state index in [9.17, 15) is 4.79 Å². The summed E-state index contributed by atoms with van der Waals surface area (Å²) >= 11 is 0. The third-order valence-corrected chi connectivity index (χ3v) is 2.34. The van der Waals surface area contributed by atoms with Crippen molar-refractivity contribution < 1.29 is 14.3 Å². The summed E-state index contributed by atoms with van der Waals surface area (Å²) in [5.74, 6) is 0.651. The molecule has 1 saturated heterocycles. The minimum Gasteiger partial charge on any atom is -0.490 e. The third-order valence-electron chi connectivity index (χ3n) is 2.34. The van der Waals surface area contributed by atoms with Crippen molar-refractivity contribution in [2.24, 2.45) is 0 Å². The van der Waals surface area contributed by atoms with Crippen molar-refractivity contribution >= 4 is 11.6 Å². The maximum Gasteiger partial charge on any atom is 0.221 e. The summed E-state index contributed by atoms with van der Waals surface area (Å²) in [6.07, 6.45) is 0. The standard InChI is InChI=1S/C12H15NO3/c1-9(14)13-10-4-3-5-11(6-10)15-7-12(2)8-16-12/h3-6H,7-8H2,1-2H3,(H,13,14). The molecule has 0 aliphatic carbocycles. The Bertz CT molecular complexity index is 399. The average molecular weight is 221 g/mol. The molecule has 86 valence electrons. The van der Waals surface area contributed by atoms with E-state index in [4.69, 9.17) is 9.47 Å². The van der Waals surface area contributed by atoms with E-state index >= 15 is 0 Å². The van der Waals surface area contributed by atoms with Gasteiger partial charge < -0.3 is 14.8 Å². The lowest BCUT2D eigenvalue weighted by atomic mass is 10.2. The van der Waals surface area contributed by atoms with Gasteiger partial charge >= 0.3 is 0 Å². The smallest absolute Gasteiger partial charge is 0.221 e. The van der Waals surface area contributed by atoms with Gasteiger partial charge in [-0.2, -0.15) is 0 Å². The quantitative estimate of drug-likeness (QED) is 0.789. The molecule has 0 aromatic heterocycles. The molecule has 1 aliphatic heterocycles. The van der Waals surface area contributed by atoms with Crippen molar-refractivity contribution in [1.82, 2.24) is 0 Å². The van der Waals surface area contributed by atoms with Gasteiger partial charge in [0.05, 0.1) is 6.61 Å². The van der Waals surface area contributed by atoms with Crippen LogP contribution in [0.15, 0.2) is 24.3 Å². The zero-order chi connectivity index (χ0) is 11.6. The highest BCUT2D eigenvalue weighted by Gasteiger charge is 2.40. The molecule has 1 atom stereocenters. The van der Waals surface area contributed by atoms with Crippen LogP contribution in [0.25, 0.3) is 0 Å². The molecule has 1 heterocycles. The summed E-state index contributed by atoms with van der Waals surface area (Å²) in [6, 6.07) is 7.32. The van der Waals surface area contributed by atoms with E-state index in [0.717, 1.165) is 18.0 Å². The first-order valence-electron chi connectivity index (χ1n) is 5.22. The Morgan fingerprint density at radius 3 is 3.00 bits per heavy atom. The molecule has 0 spiro atoms. The number of benzene rings is 1. The van der Waals surface area contributed by atoms with Crippen LogP contribution in [-0.4, -0.2) is 24.7 Å². The Morgan fingerprint density at radius 2 is 2.38 bits per heavy atom. The van der Waals surface area contributed by atoms with E-state index < -0.39 is 0 Å². The number of hydrogen-bond donors (Lipinski definition) is 1. The lowest BCUT2D eigenvalue weighted by Crippen LogP contribution is -2.17. The van der Waals surface area contributed by atoms with Crippen LogP contribution in [0.1, 0.15) is 13.8 Å². The van der Waals surface area contributed by atoms with Gasteiger partial charge in [0.25, 0.3) is 0 Å². The maximum absolute atomic E-state index is 10.9. The summed E-state index contributed by atoms with van der Waals surface area (Å²) < 4.78 is 10.8. The van der Waals surface area contributed by atoms with Gasteiger partial charge in [0, 0.05) is 18.7 Å². The van der Waals surface area contributed by atoms with Crippen LogP contribution in [0.5, 0.6) is 5.75 Å². The van der Waals surface area contributed by atoms with Crippen molar-refractivity contribution in [1.29, 1.82) is 0 Å². The number of nitrogens with one attached hydrogen (secondary N) is 1. The fraction of sp³-hybridized carbons (Fsp3) is 0.417. The van der Waals surface area contributed by atoms with Crippen LogP contribution in [-0.2, 0) is 9.53 Å². The average Bonchev–Trinajstić information content (AvgIpc) is 2.94. The summed E-state index contributed by atoms with van der Waals surface area (Å²) in [4.78, 5) is 10.9. The Hall–Kier alpha value is -1.55. The second-order valence-corrected chi connectivity index (χ2v) is 4.24. The highest BCUT2D eigenvalue weighted by Crippen LogP contribution is 2.27. The zero-order valence-electron chi connectivity index (χ0n) is 9.45. The topological polar surface area (TPSA) is 50.9 Å². The molecular formula is C12H15NO3. The Balaban J connectivity index is 1.95. The summed E-state index contributed by atoms with van der Waals surface area (Å²) in [5.41, 5.74) is 0.621. The molecular weight excluding hydrogens is 206 g/mol. The van der Waals surface area contributed by atoms with Gasteiger partial charge in [-0.05, 0) is 19.1 Å². The molecule has 1 aromatic rings. The molecule has 1 unspecified atom stereocenters. The largest absolute Gasteiger partial charge is 0.490 e. The normalized spacial score (nSPS) is 22.6.